The molecule has 0 saturated heterocycles. The molecule has 2 saturated carbocycles. The number of benzene rings is 2. The van der Waals surface area contributed by atoms with Gasteiger partial charge in [-0.05, 0) is 101 Å². The molecule has 0 spiro atoms. The van der Waals surface area contributed by atoms with Crippen molar-refractivity contribution < 1.29 is 0 Å². The molecule has 4 aliphatic rings. The van der Waals surface area contributed by atoms with Crippen molar-refractivity contribution >= 4 is 22.1 Å². The van der Waals surface area contributed by atoms with Crippen molar-refractivity contribution in [3.8, 4) is 45.3 Å². The minimum atomic E-state index is 0.559. The fourth-order valence-corrected chi connectivity index (χ4v) is 9.55. The molecule has 264 valence electrons. The van der Waals surface area contributed by atoms with Crippen LogP contribution >= 0.6 is 0 Å². The van der Waals surface area contributed by atoms with Gasteiger partial charge in [-0.3, -0.25) is 29.9 Å². The highest BCUT2D eigenvalue weighted by Crippen LogP contribution is 2.54. The van der Waals surface area contributed by atoms with Gasteiger partial charge in [-0.2, -0.15) is 0 Å². The Kier molecular flexibility index (Phi) is 7.09. The van der Waals surface area contributed by atoms with Gasteiger partial charge in [-0.15, -0.1) is 0 Å². The molecule has 0 radical (unpaired) electrons. The minimum absolute atomic E-state index is 0.559. The van der Waals surface area contributed by atoms with Crippen LogP contribution in [0.25, 0.3) is 67.4 Å². The Morgan fingerprint density at radius 2 is 0.926 bits per heavy atom. The van der Waals surface area contributed by atoms with Crippen LogP contribution in [0.1, 0.15) is 85.5 Å². The molecule has 4 bridgehead atoms. The summed E-state index contributed by atoms with van der Waals surface area (Å²) >= 11 is 0. The third-order valence-corrected chi connectivity index (χ3v) is 11.9. The molecule has 2 aromatic carbocycles. The quantitative estimate of drug-likeness (QED) is 0.178. The molecule has 10 heteroatoms. The molecule has 54 heavy (non-hydrogen) atoms. The van der Waals surface area contributed by atoms with Gasteiger partial charge >= 0.3 is 0 Å². The van der Waals surface area contributed by atoms with Crippen LogP contribution in [0.5, 0.6) is 0 Å². The molecule has 2 fully saturated rings. The lowest BCUT2D eigenvalue weighted by Gasteiger charge is -2.17. The average Bonchev–Trinajstić information content (AvgIpc) is 4.06. The van der Waals surface area contributed by atoms with Crippen LogP contribution in [0.2, 0.25) is 0 Å². The molecule has 6 aromatic heterocycles. The van der Waals surface area contributed by atoms with E-state index in [-0.39, 0.29) is 0 Å². The summed E-state index contributed by atoms with van der Waals surface area (Å²) in [4.78, 5) is 37.6. The number of imidazole rings is 2. The van der Waals surface area contributed by atoms with E-state index < -0.39 is 0 Å². The van der Waals surface area contributed by atoms with E-state index in [2.05, 4.69) is 89.7 Å². The number of aromatic nitrogens is 10. The Morgan fingerprint density at radius 3 is 1.37 bits per heavy atom. The van der Waals surface area contributed by atoms with Crippen LogP contribution in [-0.4, -0.2) is 49.0 Å². The lowest BCUT2D eigenvalue weighted by molar-refractivity contribution is 0.530. The molecular formula is C44H38N10. The lowest BCUT2D eigenvalue weighted by atomic mass is 10.1. The molecule has 0 amide bonds. The van der Waals surface area contributed by atoms with E-state index >= 15 is 0 Å². The summed E-state index contributed by atoms with van der Waals surface area (Å²) in [5.41, 5.74) is 14.2. The summed E-state index contributed by atoms with van der Waals surface area (Å²) < 4.78 is 4.95. The summed E-state index contributed by atoms with van der Waals surface area (Å²) in [5, 5.41) is 0. The summed E-state index contributed by atoms with van der Waals surface area (Å²) in [6.07, 6.45) is 14.4. The molecule has 4 atom stereocenters. The smallest absolute Gasteiger partial charge is 0.115 e. The number of fused-ring (bicyclic) bond motifs is 12. The first kappa shape index (κ1) is 31.4. The number of pyridine rings is 2. The summed E-state index contributed by atoms with van der Waals surface area (Å²) in [6, 6.07) is 26.1. The van der Waals surface area contributed by atoms with E-state index in [9.17, 15) is 0 Å². The van der Waals surface area contributed by atoms with E-state index in [0.29, 0.717) is 23.9 Å². The molecule has 12 rings (SSSR count). The molecule has 0 N–H and O–H groups in total. The maximum absolute atomic E-state index is 5.11. The predicted molar refractivity (Wildman–Crippen MR) is 209 cm³/mol. The van der Waals surface area contributed by atoms with Crippen LogP contribution < -0.4 is 0 Å². The molecule has 8 aromatic rings. The van der Waals surface area contributed by atoms with Gasteiger partial charge in [0.2, 0.25) is 0 Å². The highest BCUT2D eigenvalue weighted by atomic mass is 15.2. The monoisotopic (exact) mass is 706 g/mol. The Bertz CT molecular complexity index is 2570. The Hall–Kier alpha value is -6.16. The van der Waals surface area contributed by atoms with Gasteiger partial charge in [0.1, 0.15) is 23.0 Å². The van der Waals surface area contributed by atoms with Crippen LogP contribution in [0.3, 0.4) is 0 Å². The molecule has 0 unspecified atom stereocenters. The lowest BCUT2D eigenvalue weighted by Crippen LogP contribution is -2.07. The second-order valence-corrected chi connectivity index (χ2v) is 15.3. The fraction of sp³-hybridized carbons (Fsp3) is 0.273. The van der Waals surface area contributed by atoms with Crippen molar-refractivity contribution in [3.63, 3.8) is 0 Å². The first-order valence-electron chi connectivity index (χ1n) is 19.1. The van der Waals surface area contributed by atoms with Crippen LogP contribution in [0, 0.1) is 13.8 Å². The maximum atomic E-state index is 5.11. The highest BCUT2D eigenvalue weighted by Gasteiger charge is 2.42. The Balaban J connectivity index is 0.000000126. The van der Waals surface area contributed by atoms with Gasteiger partial charge < -0.3 is 9.13 Å². The first-order chi connectivity index (χ1) is 26.6. The second kappa shape index (κ2) is 12.2. The van der Waals surface area contributed by atoms with Crippen molar-refractivity contribution in [2.24, 2.45) is 0 Å². The van der Waals surface area contributed by atoms with E-state index in [1.54, 1.807) is 24.8 Å². The standard InChI is InChI=1S/2C22H19N5/c2*1-13-3-2-4-18(25-13)20-21(27-16-7-5-15(11-16)22(27)26-20)14-6-8-17-19(12-14)24-10-9-23-17/h2*2-4,6,8-10,12,15-16H,5,7,11H2,1H3/t2*15-,16+/m10/s1. The Labute approximate surface area is 312 Å². The SMILES string of the molecule is Cc1cccc(-c2nc3n(c2-c2ccc4nccnc4c2)[C@@H]2CC[C@H]3C2)n1.Cc1cccc(-c2nc3n(c2-c2ccc4nccnc4c2)[C@H]2CC[C@@H]3C2)n1. The number of nitrogens with zero attached hydrogens (tertiary/aromatic N) is 10. The number of aryl methyl sites for hydroxylation is 2. The summed E-state index contributed by atoms with van der Waals surface area (Å²) in [7, 11) is 0. The summed E-state index contributed by atoms with van der Waals surface area (Å²) in [5.74, 6) is 3.65. The normalized spacial score (nSPS) is 20.3. The molecular weight excluding hydrogens is 669 g/mol. The van der Waals surface area contributed by atoms with Crippen molar-refractivity contribution in [2.75, 3.05) is 0 Å². The van der Waals surface area contributed by atoms with Crippen LogP contribution in [0.15, 0.2) is 97.6 Å². The van der Waals surface area contributed by atoms with Crippen LogP contribution in [-0.2, 0) is 0 Å². The molecule has 10 nitrogen and oxygen atoms in total. The van der Waals surface area contributed by atoms with Gasteiger partial charge in [-0.1, -0.05) is 24.3 Å². The van der Waals surface area contributed by atoms with Crippen molar-refractivity contribution in [1.82, 2.24) is 49.0 Å². The molecule has 8 heterocycles. The van der Waals surface area contributed by atoms with Crippen molar-refractivity contribution in [2.45, 2.75) is 76.3 Å². The average molecular weight is 707 g/mol. The topological polar surface area (TPSA) is 113 Å². The first-order valence-corrected chi connectivity index (χ1v) is 19.1. The number of hydrogen-bond acceptors (Lipinski definition) is 8. The fourth-order valence-electron chi connectivity index (χ4n) is 9.55. The van der Waals surface area contributed by atoms with E-state index in [1.807, 2.05) is 26.0 Å². The highest BCUT2D eigenvalue weighted by molar-refractivity contribution is 5.86. The third-order valence-electron chi connectivity index (χ3n) is 11.9. The number of hydrogen-bond donors (Lipinski definition) is 0. The largest absolute Gasteiger partial charge is 0.324 e. The molecule has 2 aliphatic heterocycles. The zero-order valence-corrected chi connectivity index (χ0v) is 30.3. The number of rotatable bonds is 4. The summed E-state index contributed by atoms with van der Waals surface area (Å²) in [6.45, 7) is 4.06. The van der Waals surface area contributed by atoms with E-state index in [4.69, 9.17) is 19.9 Å². The third kappa shape index (κ3) is 4.99. The van der Waals surface area contributed by atoms with Gasteiger partial charge in [0.05, 0.1) is 44.8 Å². The van der Waals surface area contributed by atoms with Crippen molar-refractivity contribution in [1.29, 1.82) is 0 Å². The van der Waals surface area contributed by atoms with Crippen LogP contribution in [0.4, 0.5) is 0 Å². The maximum Gasteiger partial charge on any atom is 0.115 e. The molecule has 2 aliphatic carbocycles. The van der Waals surface area contributed by atoms with Crippen molar-refractivity contribution in [3.05, 3.63) is 121 Å². The van der Waals surface area contributed by atoms with E-state index in [1.165, 1.54) is 61.6 Å². The van der Waals surface area contributed by atoms with Gasteiger partial charge in [-0.25, -0.2) is 9.97 Å². The van der Waals surface area contributed by atoms with Gasteiger partial charge in [0, 0.05) is 71.2 Å². The van der Waals surface area contributed by atoms with Gasteiger partial charge in [0.15, 0.2) is 0 Å². The predicted octanol–water partition coefficient (Wildman–Crippen LogP) is 9.37. The van der Waals surface area contributed by atoms with Gasteiger partial charge in [0.25, 0.3) is 0 Å². The van der Waals surface area contributed by atoms with E-state index in [0.717, 1.165) is 67.4 Å². The minimum Gasteiger partial charge on any atom is -0.324 e. The zero-order valence-electron chi connectivity index (χ0n) is 30.3. The Morgan fingerprint density at radius 1 is 0.481 bits per heavy atom. The second-order valence-electron chi connectivity index (χ2n) is 15.3. The zero-order chi connectivity index (χ0) is 35.9.